The standard InChI is InChI=1S/C17H19NO6/c1-17(11-19,14-9-8-13(24-14)15(20)22-2)18-16(21)23-10-12-6-4-3-5-7-12/h3-9,19H,10-11H2,1-2H3,(H,18,21). The average Bonchev–Trinajstić information content (AvgIpc) is 3.11. The van der Waals surface area contributed by atoms with E-state index in [0.717, 1.165) is 5.56 Å². The van der Waals surface area contributed by atoms with Gasteiger partial charge in [0.25, 0.3) is 0 Å². The molecule has 1 amide bonds. The normalized spacial score (nSPS) is 13.0. The van der Waals surface area contributed by atoms with E-state index in [4.69, 9.17) is 9.15 Å². The van der Waals surface area contributed by atoms with E-state index in [0.29, 0.717) is 0 Å². The molecule has 7 heteroatoms. The van der Waals surface area contributed by atoms with Gasteiger partial charge in [0.15, 0.2) is 0 Å². The van der Waals surface area contributed by atoms with Crippen LogP contribution in [0.25, 0.3) is 0 Å². The second kappa shape index (κ2) is 7.65. The van der Waals surface area contributed by atoms with Crippen LogP contribution in [-0.4, -0.2) is 30.9 Å². The summed E-state index contributed by atoms with van der Waals surface area (Å²) in [5, 5.41) is 12.2. The minimum absolute atomic E-state index is 0.0216. The number of hydrogen-bond donors (Lipinski definition) is 2. The maximum atomic E-state index is 12.0. The third kappa shape index (κ3) is 4.14. The quantitative estimate of drug-likeness (QED) is 0.787. The van der Waals surface area contributed by atoms with E-state index in [-0.39, 0.29) is 18.1 Å². The molecule has 2 aromatic rings. The Bertz CT molecular complexity index is 696. The molecule has 0 aliphatic rings. The molecule has 0 radical (unpaired) electrons. The highest BCUT2D eigenvalue weighted by molar-refractivity contribution is 5.86. The number of hydrogen-bond acceptors (Lipinski definition) is 6. The summed E-state index contributed by atoms with van der Waals surface area (Å²) >= 11 is 0. The molecule has 24 heavy (non-hydrogen) atoms. The van der Waals surface area contributed by atoms with Gasteiger partial charge in [0.1, 0.15) is 17.9 Å². The minimum atomic E-state index is -1.24. The molecule has 1 unspecified atom stereocenters. The Hall–Kier alpha value is -2.80. The number of aliphatic hydroxyl groups excluding tert-OH is 1. The predicted molar refractivity (Wildman–Crippen MR) is 84.2 cm³/mol. The first-order chi connectivity index (χ1) is 11.5. The summed E-state index contributed by atoms with van der Waals surface area (Å²) in [6, 6.07) is 12.1. The van der Waals surface area contributed by atoms with Gasteiger partial charge < -0.3 is 24.3 Å². The van der Waals surface area contributed by atoms with E-state index in [1.807, 2.05) is 30.3 Å². The van der Waals surface area contributed by atoms with Crippen molar-refractivity contribution in [1.82, 2.24) is 5.32 Å². The monoisotopic (exact) mass is 333 g/mol. The van der Waals surface area contributed by atoms with Gasteiger partial charge in [-0.05, 0) is 24.6 Å². The first kappa shape index (κ1) is 17.6. The Morgan fingerprint density at radius 1 is 1.21 bits per heavy atom. The lowest BCUT2D eigenvalue weighted by Gasteiger charge is -2.25. The van der Waals surface area contributed by atoms with Crippen molar-refractivity contribution >= 4 is 12.1 Å². The van der Waals surface area contributed by atoms with Crippen molar-refractivity contribution < 1.29 is 28.6 Å². The third-order valence-electron chi connectivity index (χ3n) is 3.44. The third-order valence-corrected chi connectivity index (χ3v) is 3.44. The zero-order chi connectivity index (χ0) is 17.6. The Balaban J connectivity index is 2.02. The lowest BCUT2D eigenvalue weighted by atomic mass is 10.0. The van der Waals surface area contributed by atoms with Crippen LogP contribution in [0.5, 0.6) is 0 Å². The number of furan rings is 1. The number of esters is 1. The Morgan fingerprint density at radius 2 is 1.92 bits per heavy atom. The molecule has 2 N–H and O–H groups in total. The number of carbonyl (C=O) groups is 2. The van der Waals surface area contributed by atoms with Gasteiger partial charge in [0, 0.05) is 0 Å². The number of nitrogens with one attached hydrogen (secondary N) is 1. The van der Waals surface area contributed by atoms with Gasteiger partial charge in [-0.15, -0.1) is 0 Å². The fourth-order valence-corrected chi connectivity index (χ4v) is 2.01. The van der Waals surface area contributed by atoms with Crippen LogP contribution in [0.4, 0.5) is 4.79 Å². The van der Waals surface area contributed by atoms with Crippen LogP contribution in [0, 0.1) is 0 Å². The van der Waals surface area contributed by atoms with Crippen LogP contribution in [0.2, 0.25) is 0 Å². The Labute approximate surface area is 139 Å². The number of carbonyl (C=O) groups excluding carboxylic acids is 2. The molecule has 0 aliphatic heterocycles. The molecule has 0 fully saturated rings. The molecular weight excluding hydrogens is 314 g/mol. The average molecular weight is 333 g/mol. The molecule has 1 heterocycles. The Morgan fingerprint density at radius 3 is 2.54 bits per heavy atom. The molecular formula is C17H19NO6. The highest BCUT2D eigenvalue weighted by Crippen LogP contribution is 2.23. The molecule has 128 valence electrons. The van der Waals surface area contributed by atoms with E-state index in [2.05, 4.69) is 10.1 Å². The largest absolute Gasteiger partial charge is 0.463 e. The maximum Gasteiger partial charge on any atom is 0.408 e. The van der Waals surface area contributed by atoms with E-state index in [1.54, 1.807) is 6.92 Å². The van der Waals surface area contributed by atoms with Crippen LogP contribution >= 0.6 is 0 Å². The fourth-order valence-electron chi connectivity index (χ4n) is 2.01. The van der Waals surface area contributed by atoms with Gasteiger partial charge >= 0.3 is 12.1 Å². The van der Waals surface area contributed by atoms with Crippen molar-refractivity contribution in [2.24, 2.45) is 0 Å². The van der Waals surface area contributed by atoms with E-state index in [9.17, 15) is 14.7 Å². The number of rotatable bonds is 6. The molecule has 1 atom stereocenters. The van der Waals surface area contributed by atoms with Gasteiger partial charge in [-0.25, -0.2) is 9.59 Å². The molecule has 0 spiro atoms. The summed E-state index contributed by atoms with van der Waals surface area (Å²) in [4.78, 5) is 23.4. The summed E-state index contributed by atoms with van der Waals surface area (Å²) in [7, 11) is 1.23. The number of aliphatic hydroxyl groups is 1. The summed E-state index contributed by atoms with van der Waals surface area (Å²) in [6.07, 6.45) is -0.716. The van der Waals surface area contributed by atoms with Gasteiger partial charge in [-0.3, -0.25) is 0 Å². The number of ether oxygens (including phenoxy) is 2. The summed E-state index contributed by atoms with van der Waals surface area (Å²) < 4.78 is 15.0. The van der Waals surface area contributed by atoms with E-state index >= 15 is 0 Å². The molecule has 0 bridgehead atoms. The lowest BCUT2D eigenvalue weighted by molar-refractivity contribution is 0.0554. The lowest BCUT2D eigenvalue weighted by Crippen LogP contribution is -2.46. The van der Waals surface area contributed by atoms with Crippen LogP contribution in [-0.2, 0) is 21.6 Å². The first-order valence-corrected chi connectivity index (χ1v) is 7.27. The molecule has 0 saturated carbocycles. The van der Waals surface area contributed by atoms with Gasteiger partial charge in [0.2, 0.25) is 5.76 Å². The van der Waals surface area contributed by atoms with Crippen LogP contribution in [0.1, 0.15) is 28.8 Å². The molecule has 1 aromatic carbocycles. The smallest absolute Gasteiger partial charge is 0.408 e. The fraction of sp³-hybridized carbons (Fsp3) is 0.294. The van der Waals surface area contributed by atoms with E-state index < -0.39 is 24.2 Å². The van der Waals surface area contributed by atoms with Crippen LogP contribution < -0.4 is 5.32 Å². The Kier molecular flexibility index (Phi) is 5.59. The van der Waals surface area contributed by atoms with Crippen LogP contribution in [0.15, 0.2) is 46.9 Å². The van der Waals surface area contributed by atoms with Crippen molar-refractivity contribution in [2.45, 2.75) is 19.1 Å². The number of alkyl carbamates (subject to hydrolysis) is 1. The first-order valence-electron chi connectivity index (χ1n) is 7.27. The molecule has 2 rings (SSSR count). The zero-order valence-corrected chi connectivity index (χ0v) is 13.4. The topological polar surface area (TPSA) is 98.0 Å². The van der Waals surface area contributed by atoms with Crippen molar-refractivity contribution in [3.63, 3.8) is 0 Å². The molecule has 0 aliphatic carbocycles. The second-order valence-electron chi connectivity index (χ2n) is 5.33. The van der Waals surface area contributed by atoms with Gasteiger partial charge in [0.05, 0.1) is 13.7 Å². The SMILES string of the molecule is COC(=O)c1ccc(C(C)(CO)NC(=O)OCc2ccccc2)o1. The highest BCUT2D eigenvalue weighted by atomic mass is 16.6. The summed E-state index contributed by atoms with van der Waals surface area (Å²) in [6.45, 7) is 1.21. The molecule has 1 aromatic heterocycles. The highest BCUT2D eigenvalue weighted by Gasteiger charge is 2.33. The summed E-state index contributed by atoms with van der Waals surface area (Å²) in [5.74, 6) is -0.457. The van der Waals surface area contributed by atoms with Crippen molar-refractivity contribution in [2.75, 3.05) is 13.7 Å². The molecule has 7 nitrogen and oxygen atoms in total. The summed E-state index contributed by atoms with van der Waals surface area (Å²) in [5.41, 5.74) is -0.399. The zero-order valence-electron chi connectivity index (χ0n) is 13.4. The van der Waals surface area contributed by atoms with Gasteiger partial charge in [-0.1, -0.05) is 30.3 Å². The van der Waals surface area contributed by atoms with Crippen molar-refractivity contribution in [1.29, 1.82) is 0 Å². The number of methoxy groups -OCH3 is 1. The maximum absolute atomic E-state index is 12.0. The van der Waals surface area contributed by atoms with Crippen molar-refractivity contribution in [3.8, 4) is 0 Å². The van der Waals surface area contributed by atoms with Gasteiger partial charge in [-0.2, -0.15) is 0 Å². The second-order valence-corrected chi connectivity index (χ2v) is 5.33. The minimum Gasteiger partial charge on any atom is -0.463 e. The molecule has 0 saturated heterocycles. The number of benzene rings is 1. The predicted octanol–water partition coefficient (Wildman–Crippen LogP) is 2.20. The van der Waals surface area contributed by atoms with Crippen molar-refractivity contribution in [3.05, 3.63) is 59.5 Å². The number of amides is 1. The van der Waals surface area contributed by atoms with Crippen LogP contribution in [0.3, 0.4) is 0 Å². The van der Waals surface area contributed by atoms with E-state index in [1.165, 1.54) is 19.2 Å².